The van der Waals surface area contributed by atoms with E-state index >= 15 is 0 Å². The van der Waals surface area contributed by atoms with Gasteiger partial charge >= 0.3 is 11.9 Å². The summed E-state index contributed by atoms with van der Waals surface area (Å²) in [4.78, 5) is 49.6. The minimum atomic E-state index is -1.04. The van der Waals surface area contributed by atoms with Gasteiger partial charge in [-0.1, -0.05) is 0 Å². The third-order valence-corrected chi connectivity index (χ3v) is 4.55. The van der Waals surface area contributed by atoms with E-state index in [0.29, 0.717) is 32.4 Å². The van der Waals surface area contributed by atoms with E-state index < -0.39 is 36.0 Å². The molecule has 24 heavy (non-hydrogen) atoms. The van der Waals surface area contributed by atoms with Gasteiger partial charge in [0, 0.05) is 6.54 Å². The highest BCUT2D eigenvalue weighted by Gasteiger charge is 2.38. The first-order chi connectivity index (χ1) is 11.3. The molecule has 134 valence electrons. The van der Waals surface area contributed by atoms with E-state index in [2.05, 4.69) is 5.32 Å². The van der Waals surface area contributed by atoms with Crippen LogP contribution in [0.5, 0.6) is 0 Å². The van der Waals surface area contributed by atoms with E-state index in [0.717, 1.165) is 6.42 Å². The maximum Gasteiger partial charge on any atom is 0.326 e. The molecule has 9 heteroatoms. The number of aliphatic carboxylic acids is 2. The average molecular weight is 341 g/mol. The minimum Gasteiger partial charge on any atom is -0.480 e. The number of nitrogens with one attached hydrogen (secondary N) is 1. The van der Waals surface area contributed by atoms with E-state index in [4.69, 9.17) is 10.2 Å². The van der Waals surface area contributed by atoms with Crippen molar-refractivity contribution in [2.45, 2.75) is 50.7 Å². The summed E-state index contributed by atoms with van der Waals surface area (Å²) in [7, 11) is 0. The molecule has 2 saturated heterocycles. The Hall–Kier alpha value is -2.16. The normalized spacial score (nSPS) is 25.5. The van der Waals surface area contributed by atoms with Crippen molar-refractivity contribution < 1.29 is 29.4 Å². The molecule has 2 amide bonds. The number of amides is 2. The van der Waals surface area contributed by atoms with Crippen LogP contribution in [0.15, 0.2) is 0 Å². The fourth-order valence-electron chi connectivity index (χ4n) is 3.39. The molecular formula is C15H23N3O6. The molecule has 0 aromatic heterocycles. The monoisotopic (exact) mass is 341 g/mol. The summed E-state index contributed by atoms with van der Waals surface area (Å²) in [5.74, 6) is -2.85. The van der Waals surface area contributed by atoms with E-state index in [1.807, 2.05) is 0 Å². The van der Waals surface area contributed by atoms with Gasteiger partial charge in [0.25, 0.3) is 0 Å². The highest BCUT2D eigenvalue weighted by Crippen LogP contribution is 2.20. The van der Waals surface area contributed by atoms with Crippen LogP contribution in [0.3, 0.4) is 0 Å². The molecule has 9 nitrogen and oxygen atoms in total. The largest absolute Gasteiger partial charge is 0.480 e. The van der Waals surface area contributed by atoms with Crippen molar-refractivity contribution >= 4 is 23.8 Å². The maximum absolute atomic E-state index is 12.4. The maximum atomic E-state index is 12.4. The molecule has 0 aromatic carbocycles. The zero-order chi connectivity index (χ0) is 17.9. The molecule has 2 aliphatic rings. The van der Waals surface area contributed by atoms with Gasteiger partial charge in [-0.3, -0.25) is 19.3 Å². The molecule has 3 N–H and O–H groups in total. The van der Waals surface area contributed by atoms with Crippen LogP contribution < -0.4 is 5.32 Å². The number of rotatable bonds is 6. The molecule has 3 atom stereocenters. The Morgan fingerprint density at radius 2 is 1.71 bits per heavy atom. The molecule has 0 spiro atoms. The van der Waals surface area contributed by atoms with Crippen molar-refractivity contribution in [3.05, 3.63) is 0 Å². The number of carbonyl (C=O) groups is 4. The van der Waals surface area contributed by atoms with Crippen LogP contribution in [0.4, 0.5) is 0 Å². The molecule has 2 fully saturated rings. The van der Waals surface area contributed by atoms with Gasteiger partial charge in [-0.05, 0) is 39.2 Å². The number of carboxylic acids is 2. The van der Waals surface area contributed by atoms with E-state index in [1.54, 1.807) is 4.90 Å². The lowest BCUT2D eigenvalue weighted by Gasteiger charge is -2.27. The number of hydrogen-bond donors (Lipinski definition) is 3. The average Bonchev–Trinajstić information content (AvgIpc) is 3.14. The van der Waals surface area contributed by atoms with Crippen LogP contribution in [0.25, 0.3) is 0 Å². The molecule has 0 aromatic rings. The number of nitrogens with zero attached hydrogens (tertiary/aromatic N) is 2. The fraction of sp³-hybridized carbons (Fsp3) is 0.733. The fourth-order valence-corrected chi connectivity index (χ4v) is 3.39. The number of carboxylic acid groups (broad SMARTS) is 2. The lowest BCUT2D eigenvalue weighted by molar-refractivity contribution is -0.149. The predicted octanol–water partition coefficient (Wildman–Crippen LogP) is -0.884. The van der Waals surface area contributed by atoms with E-state index in [-0.39, 0.29) is 12.5 Å². The molecule has 2 heterocycles. The summed E-state index contributed by atoms with van der Waals surface area (Å²) < 4.78 is 0. The van der Waals surface area contributed by atoms with Gasteiger partial charge in [0.15, 0.2) is 0 Å². The second kappa shape index (κ2) is 7.61. The van der Waals surface area contributed by atoms with Crippen molar-refractivity contribution in [1.29, 1.82) is 0 Å². The van der Waals surface area contributed by atoms with Crippen molar-refractivity contribution in [3.63, 3.8) is 0 Å². The summed E-state index contributed by atoms with van der Waals surface area (Å²) in [5.41, 5.74) is 0. The second-order valence-corrected chi connectivity index (χ2v) is 6.28. The SMILES string of the molecule is C[C@@H](NC(=O)[C@@H]1CCCN1CC(=O)O)C(=O)N1CCC[C@H]1C(=O)O. The lowest BCUT2D eigenvalue weighted by atomic mass is 10.1. The van der Waals surface area contributed by atoms with E-state index in [1.165, 1.54) is 11.8 Å². The molecule has 0 aliphatic carbocycles. The summed E-state index contributed by atoms with van der Waals surface area (Å²) >= 11 is 0. The Labute approximate surface area is 139 Å². The van der Waals surface area contributed by atoms with E-state index in [9.17, 15) is 19.2 Å². The Morgan fingerprint density at radius 1 is 1.08 bits per heavy atom. The van der Waals surface area contributed by atoms with Crippen LogP contribution in [0.2, 0.25) is 0 Å². The van der Waals surface area contributed by atoms with Gasteiger partial charge in [0.2, 0.25) is 11.8 Å². The predicted molar refractivity (Wildman–Crippen MR) is 82.2 cm³/mol. The molecule has 2 aliphatic heterocycles. The van der Waals surface area contributed by atoms with Gasteiger partial charge in [0.05, 0.1) is 12.6 Å². The molecule has 2 rings (SSSR count). The molecule has 0 saturated carbocycles. The first kappa shape index (κ1) is 18.2. The van der Waals surface area contributed by atoms with Gasteiger partial charge < -0.3 is 20.4 Å². The summed E-state index contributed by atoms with van der Waals surface area (Å²) in [6.07, 6.45) is 2.30. The van der Waals surface area contributed by atoms with Crippen LogP contribution >= 0.6 is 0 Å². The second-order valence-electron chi connectivity index (χ2n) is 6.28. The standard InChI is InChI=1S/C15H23N3O6/c1-9(14(22)18-7-3-5-11(18)15(23)24)16-13(21)10-4-2-6-17(10)8-12(19)20/h9-11H,2-8H2,1H3,(H,16,21)(H,19,20)(H,23,24)/t9-,10+,11+/m1/s1. The number of carbonyl (C=O) groups excluding carboxylic acids is 2. The number of hydrogen-bond acceptors (Lipinski definition) is 5. The summed E-state index contributed by atoms with van der Waals surface area (Å²) in [5, 5.41) is 20.6. The van der Waals surface area contributed by atoms with Crippen molar-refractivity contribution in [1.82, 2.24) is 15.1 Å². The third kappa shape index (κ3) is 4.02. The van der Waals surface area contributed by atoms with Crippen LogP contribution in [-0.2, 0) is 19.2 Å². The minimum absolute atomic E-state index is 0.215. The van der Waals surface area contributed by atoms with Crippen LogP contribution in [-0.4, -0.2) is 81.5 Å². The quantitative estimate of drug-likeness (QED) is 0.572. The zero-order valence-corrected chi connectivity index (χ0v) is 13.6. The van der Waals surface area contributed by atoms with Crippen LogP contribution in [0.1, 0.15) is 32.6 Å². The van der Waals surface area contributed by atoms with Crippen LogP contribution in [0, 0.1) is 0 Å². The summed E-state index contributed by atoms with van der Waals surface area (Å²) in [6, 6.07) is -2.25. The van der Waals surface area contributed by atoms with Crippen molar-refractivity contribution in [2.75, 3.05) is 19.6 Å². The topological polar surface area (TPSA) is 127 Å². The smallest absolute Gasteiger partial charge is 0.326 e. The molecule has 0 bridgehead atoms. The third-order valence-electron chi connectivity index (χ3n) is 4.55. The Kier molecular flexibility index (Phi) is 5.76. The highest BCUT2D eigenvalue weighted by molar-refractivity contribution is 5.92. The van der Waals surface area contributed by atoms with Gasteiger partial charge in [-0.25, -0.2) is 4.79 Å². The Balaban J connectivity index is 1.94. The summed E-state index contributed by atoms with van der Waals surface area (Å²) in [6.45, 7) is 2.20. The van der Waals surface area contributed by atoms with Crippen molar-refractivity contribution in [3.8, 4) is 0 Å². The molecule has 0 radical (unpaired) electrons. The Morgan fingerprint density at radius 3 is 2.33 bits per heavy atom. The highest BCUT2D eigenvalue weighted by atomic mass is 16.4. The van der Waals surface area contributed by atoms with Gasteiger partial charge in [0.1, 0.15) is 12.1 Å². The molecule has 0 unspecified atom stereocenters. The first-order valence-electron chi connectivity index (χ1n) is 8.10. The first-order valence-corrected chi connectivity index (χ1v) is 8.10. The van der Waals surface area contributed by atoms with Gasteiger partial charge in [-0.15, -0.1) is 0 Å². The van der Waals surface area contributed by atoms with Crippen molar-refractivity contribution in [2.24, 2.45) is 0 Å². The van der Waals surface area contributed by atoms with Gasteiger partial charge in [-0.2, -0.15) is 0 Å². The molecular weight excluding hydrogens is 318 g/mol. The number of likely N-dealkylation sites (tertiary alicyclic amines) is 2. The zero-order valence-electron chi connectivity index (χ0n) is 13.6. The lowest BCUT2D eigenvalue weighted by Crippen LogP contribution is -2.54. The Bertz CT molecular complexity index is 537.